The van der Waals surface area contributed by atoms with Gasteiger partial charge in [-0.05, 0) is 89.5 Å². The minimum atomic E-state index is -3.81. The van der Waals surface area contributed by atoms with Crippen molar-refractivity contribution in [1.82, 2.24) is 3.97 Å². The third kappa shape index (κ3) is 3.59. The average Bonchev–Trinajstić information content (AvgIpc) is 3.03. The highest BCUT2D eigenvalue weighted by Crippen LogP contribution is 2.41. The van der Waals surface area contributed by atoms with Crippen molar-refractivity contribution in [2.75, 3.05) is 0 Å². The van der Waals surface area contributed by atoms with Crippen LogP contribution in [0.5, 0.6) is 0 Å². The van der Waals surface area contributed by atoms with Crippen LogP contribution in [-0.4, -0.2) is 30.7 Å². The third-order valence-electron chi connectivity index (χ3n) is 7.38. The molecule has 5 nitrogen and oxygen atoms in total. The Morgan fingerprint density at radius 1 is 0.935 bits per heavy atom. The first-order valence-electron chi connectivity index (χ1n) is 11.1. The second-order valence-electron chi connectivity index (χ2n) is 10.9. The number of hydrogen-bond donors (Lipinski definition) is 0. The lowest BCUT2D eigenvalue weighted by Crippen LogP contribution is -2.43. The van der Waals surface area contributed by atoms with Crippen molar-refractivity contribution < 1.29 is 17.7 Å². The summed E-state index contributed by atoms with van der Waals surface area (Å²) in [5.41, 5.74) is 3.54. The van der Waals surface area contributed by atoms with Gasteiger partial charge in [0.1, 0.15) is 0 Å². The van der Waals surface area contributed by atoms with Crippen molar-refractivity contribution >= 4 is 22.7 Å². The monoisotopic (exact) mass is 443 g/mol. The molecule has 1 aromatic carbocycles. The molecule has 1 saturated heterocycles. The minimum absolute atomic E-state index is 0.0333. The maximum atomic E-state index is 14.0. The first-order chi connectivity index (χ1) is 14.2. The lowest BCUT2D eigenvalue weighted by Gasteiger charge is -2.32. The Hall–Kier alpha value is -1.57. The maximum Gasteiger partial charge on any atom is 0.513 e. The summed E-state index contributed by atoms with van der Waals surface area (Å²) in [7, 11) is -4.55. The van der Waals surface area contributed by atoms with Crippen LogP contribution in [0.2, 0.25) is 0 Å². The molecular weight excluding hydrogens is 409 g/mol. The van der Waals surface area contributed by atoms with Crippen molar-refractivity contribution in [2.24, 2.45) is 5.41 Å². The molecule has 1 aromatic heterocycles. The van der Waals surface area contributed by atoms with Crippen LogP contribution in [-0.2, 0) is 32.2 Å². The molecule has 4 rings (SSSR count). The molecule has 0 N–H and O–H groups in total. The first kappa shape index (κ1) is 22.6. The van der Waals surface area contributed by atoms with Crippen LogP contribution in [0.25, 0.3) is 0 Å². The summed E-state index contributed by atoms with van der Waals surface area (Å²) >= 11 is 0. The van der Waals surface area contributed by atoms with Gasteiger partial charge in [-0.25, -0.2) is 12.4 Å². The average molecular weight is 443 g/mol. The molecule has 7 heteroatoms. The van der Waals surface area contributed by atoms with E-state index < -0.39 is 28.3 Å². The van der Waals surface area contributed by atoms with Crippen molar-refractivity contribution in [2.45, 2.75) is 90.7 Å². The smallest absolute Gasteiger partial charge is 0.398 e. The van der Waals surface area contributed by atoms with Gasteiger partial charge in [-0.1, -0.05) is 31.5 Å². The van der Waals surface area contributed by atoms with E-state index in [1.54, 1.807) is 16.1 Å². The molecule has 0 amide bonds. The van der Waals surface area contributed by atoms with Gasteiger partial charge in [-0.15, -0.1) is 0 Å². The first-order valence-corrected chi connectivity index (χ1v) is 12.5. The summed E-state index contributed by atoms with van der Waals surface area (Å²) in [4.78, 5) is 0.289. The Morgan fingerprint density at radius 2 is 1.48 bits per heavy atom. The van der Waals surface area contributed by atoms with Gasteiger partial charge in [0, 0.05) is 5.69 Å². The predicted molar refractivity (Wildman–Crippen MR) is 124 cm³/mol. The van der Waals surface area contributed by atoms with Gasteiger partial charge in [0.05, 0.1) is 21.7 Å². The van der Waals surface area contributed by atoms with Gasteiger partial charge in [-0.3, -0.25) is 0 Å². The van der Waals surface area contributed by atoms with E-state index in [9.17, 15) is 8.42 Å². The number of fused-ring (bicyclic) bond motifs is 1. The van der Waals surface area contributed by atoms with Gasteiger partial charge in [0.25, 0.3) is 10.0 Å². The largest absolute Gasteiger partial charge is 0.513 e. The van der Waals surface area contributed by atoms with Crippen LogP contribution < -0.4 is 5.59 Å². The van der Waals surface area contributed by atoms with Crippen molar-refractivity contribution in [3.8, 4) is 0 Å². The second kappa shape index (κ2) is 6.96. The van der Waals surface area contributed by atoms with E-state index in [4.69, 9.17) is 9.31 Å². The molecule has 1 aliphatic heterocycles. The van der Waals surface area contributed by atoms with Crippen molar-refractivity contribution in [3.63, 3.8) is 0 Å². The van der Waals surface area contributed by atoms with Crippen LogP contribution in [0.3, 0.4) is 0 Å². The number of nitrogens with zero attached hydrogens (tertiary/aromatic N) is 1. The Morgan fingerprint density at radius 3 is 2.03 bits per heavy atom. The molecule has 0 bridgehead atoms. The highest BCUT2D eigenvalue weighted by Gasteiger charge is 2.54. The summed E-state index contributed by atoms with van der Waals surface area (Å²) in [6.45, 7) is 16.3. The SMILES string of the molecule is Cc1ccc(S(=O)(=O)n2c3c(c(C)c2B2OC(C)(C)C(C)(C)O2)CCC(C)(C)C3)cc1. The van der Waals surface area contributed by atoms with Crippen LogP contribution in [0.1, 0.15) is 70.3 Å². The third-order valence-corrected chi connectivity index (χ3v) is 9.15. The minimum Gasteiger partial charge on any atom is -0.398 e. The summed E-state index contributed by atoms with van der Waals surface area (Å²) in [6.07, 6.45) is 2.59. The van der Waals surface area contributed by atoms with Gasteiger partial charge in [0.15, 0.2) is 0 Å². The molecule has 31 heavy (non-hydrogen) atoms. The molecule has 0 saturated carbocycles. The molecular formula is C24H34BNO4S. The van der Waals surface area contributed by atoms with E-state index in [0.717, 1.165) is 35.2 Å². The van der Waals surface area contributed by atoms with Gasteiger partial charge >= 0.3 is 7.12 Å². The summed E-state index contributed by atoms with van der Waals surface area (Å²) in [6, 6.07) is 7.06. The predicted octanol–water partition coefficient (Wildman–Crippen LogP) is 4.16. The van der Waals surface area contributed by atoms with Crippen LogP contribution in [0, 0.1) is 19.3 Å². The number of aromatic nitrogens is 1. The zero-order valence-electron chi connectivity index (χ0n) is 20.0. The molecule has 2 heterocycles. The highest BCUT2D eigenvalue weighted by molar-refractivity contribution is 7.90. The Balaban J connectivity index is 1.96. The van der Waals surface area contributed by atoms with E-state index in [2.05, 4.69) is 13.8 Å². The van der Waals surface area contributed by atoms with Crippen molar-refractivity contribution in [3.05, 3.63) is 46.6 Å². The molecule has 0 spiro atoms. The number of hydrogen-bond acceptors (Lipinski definition) is 4. The van der Waals surface area contributed by atoms with Crippen LogP contribution in [0.4, 0.5) is 0 Å². The molecule has 168 valence electrons. The molecule has 0 unspecified atom stereocenters. The number of aryl methyl sites for hydroxylation is 1. The molecule has 1 aliphatic carbocycles. The maximum absolute atomic E-state index is 14.0. The van der Waals surface area contributed by atoms with E-state index in [1.165, 1.54) is 0 Å². The number of benzene rings is 1. The van der Waals surface area contributed by atoms with Gasteiger partial charge in [0.2, 0.25) is 0 Å². The van der Waals surface area contributed by atoms with E-state index in [-0.39, 0.29) is 10.3 Å². The lowest BCUT2D eigenvalue weighted by atomic mass is 9.75. The van der Waals surface area contributed by atoms with E-state index in [0.29, 0.717) is 12.0 Å². The topological polar surface area (TPSA) is 57.5 Å². The fourth-order valence-electron chi connectivity index (χ4n) is 4.62. The van der Waals surface area contributed by atoms with Gasteiger partial charge in [-0.2, -0.15) is 0 Å². The van der Waals surface area contributed by atoms with Crippen LogP contribution >= 0.6 is 0 Å². The summed E-state index contributed by atoms with van der Waals surface area (Å²) in [5, 5.41) is 0. The van der Waals surface area contributed by atoms with E-state index in [1.807, 2.05) is 53.7 Å². The Labute approximate surface area is 187 Å². The molecule has 2 aromatic rings. The molecule has 1 fully saturated rings. The van der Waals surface area contributed by atoms with E-state index >= 15 is 0 Å². The second-order valence-corrected chi connectivity index (χ2v) is 12.7. The standard InChI is InChI=1S/C24H34BNO4S/c1-16-9-11-18(12-10-16)31(27,28)26-20-15-22(3,4)14-13-19(20)17(2)21(26)25-29-23(5,6)24(7,8)30-25/h9-12H,13-15H2,1-8H3. The molecule has 2 aliphatic rings. The highest BCUT2D eigenvalue weighted by atomic mass is 32.2. The van der Waals surface area contributed by atoms with Crippen molar-refractivity contribution in [1.29, 1.82) is 0 Å². The summed E-state index contributed by atoms with van der Waals surface area (Å²) < 4.78 is 42.2. The summed E-state index contributed by atoms with van der Waals surface area (Å²) in [5.74, 6) is 0. The molecule has 0 atom stereocenters. The quantitative estimate of drug-likeness (QED) is 0.669. The number of rotatable bonds is 3. The zero-order chi connectivity index (χ0) is 23.0. The van der Waals surface area contributed by atoms with Crippen LogP contribution in [0.15, 0.2) is 29.2 Å². The fourth-order valence-corrected chi connectivity index (χ4v) is 6.26. The fraction of sp³-hybridized carbons (Fsp3) is 0.583. The normalized spacial score (nSPS) is 21.9. The molecule has 0 radical (unpaired) electrons. The Bertz CT molecular complexity index is 1110. The lowest BCUT2D eigenvalue weighted by molar-refractivity contribution is 0.00578. The zero-order valence-corrected chi connectivity index (χ0v) is 20.8. The Kier molecular flexibility index (Phi) is 5.08. The van der Waals surface area contributed by atoms with Gasteiger partial charge < -0.3 is 9.31 Å².